The molecular weight excluding hydrogens is 300 g/mol. The summed E-state index contributed by atoms with van der Waals surface area (Å²) in [4.78, 5) is 20.4. The molecule has 0 amide bonds. The Balaban J connectivity index is 2.13. The molecule has 2 aromatic heterocycles. The van der Waals surface area contributed by atoms with Gasteiger partial charge in [-0.05, 0) is 18.2 Å². The van der Waals surface area contributed by atoms with Gasteiger partial charge in [0.15, 0.2) is 0 Å². The minimum absolute atomic E-state index is 0.0932. The summed E-state index contributed by atoms with van der Waals surface area (Å²) in [5.41, 5.74) is 2.09. The topological polar surface area (TPSA) is 59.8 Å². The molecule has 0 bridgehead atoms. The first-order valence-corrected chi connectivity index (χ1v) is 7.05. The Morgan fingerprint density at radius 1 is 1.18 bits per heavy atom. The number of nitrogens with one attached hydrogen (secondary N) is 1. The van der Waals surface area contributed by atoms with Gasteiger partial charge in [-0.3, -0.25) is 9.36 Å². The molecule has 22 heavy (non-hydrogen) atoms. The van der Waals surface area contributed by atoms with E-state index in [0.29, 0.717) is 16.7 Å². The first-order valence-electron chi connectivity index (χ1n) is 6.68. The molecule has 0 saturated heterocycles. The van der Waals surface area contributed by atoms with Crippen LogP contribution in [-0.4, -0.2) is 21.6 Å². The molecule has 6 heteroatoms. The first kappa shape index (κ1) is 14.3. The van der Waals surface area contributed by atoms with Crippen molar-refractivity contribution in [3.63, 3.8) is 0 Å². The lowest BCUT2D eigenvalue weighted by molar-refractivity contribution is 0.990. The normalized spacial score (nSPS) is 10.5. The third-order valence-corrected chi connectivity index (χ3v) is 3.46. The zero-order valence-electron chi connectivity index (χ0n) is 11.8. The second-order valence-electron chi connectivity index (χ2n) is 4.60. The Bertz CT molecular complexity index is 876. The van der Waals surface area contributed by atoms with Gasteiger partial charge in [0.1, 0.15) is 0 Å². The monoisotopic (exact) mass is 312 g/mol. The van der Waals surface area contributed by atoms with E-state index in [9.17, 15) is 4.79 Å². The van der Waals surface area contributed by atoms with Crippen LogP contribution in [0, 0.1) is 0 Å². The fourth-order valence-electron chi connectivity index (χ4n) is 2.13. The van der Waals surface area contributed by atoms with E-state index in [1.165, 1.54) is 6.07 Å². The lowest BCUT2D eigenvalue weighted by Crippen LogP contribution is -2.15. The summed E-state index contributed by atoms with van der Waals surface area (Å²) >= 11 is 6.20. The van der Waals surface area contributed by atoms with E-state index in [1.807, 2.05) is 30.3 Å². The molecule has 0 radical (unpaired) electrons. The predicted molar refractivity (Wildman–Crippen MR) is 87.6 cm³/mol. The molecule has 3 aromatic rings. The van der Waals surface area contributed by atoms with Crippen molar-refractivity contribution in [2.75, 3.05) is 12.4 Å². The zero-order valence-corrected chi connectivity index (χ0v) is 12.6. The van der Waals surface area contributed by atoms with E-state index in [0.717, 1.165) is 11.3 Å². The molecule has 3 rings (SSSR count). The minimum Gasteiger partial charge on any atom is -0.357 e. The maximum atomic E-state index is 11.9. The number of rotatable bonds is 3. The lowest BCUT2D eigenvalue weighted by atomic mass is 10.1. The molecule has 0 spiro atoms. The van der Waals surface area contributed by atoms with Crippen molar-refractivity contribution in [3.8, 4) is 16.9 Å². The van der Waals surface area contributed by atoms with Crippen LogP contribution in [-0.2, 0) is 0 Å². The van der Waals surface area contributed by atoms with Gasteiger partial charge in [0.05, 0.1) is 16.9 Å². The molecule has 5 nitrogen and oxygen atoms in total. The van der Waals surface area contributed by atoms with Crippen molar-refractivity contribution in [1.82, 2.24) is 14.5 Å². The highest BCUT2D eigenvalue weighted by molar-refractivity contribution is 6.32. The Morgan fingerprint density at radius 3 is 2.82 bits per heavy atom. The number of halogens is 1. The molecule has 0 fully saturated rings. The minimum atomic E-state index is -0.0932. The van der Waals surface area contributed by atoms with Crippen LogP contribution in [0.1, 0.15) is 0 Å². The van der Waals surface area contributed by atoms with E-state index in [-0.39, 0.29) is 5.56 Å². The van der Waals surface area contributed by atoms with Crippen molar-refractivity contribution in [2.45, 2.75) is 0 Å². The van der Waals surface area contributed by atoms with Gasteiger partial charge in [-0.25, -0.2) is 9.97 Å². The highest BCUT2D eigenvalue weighted by atomic mass is 35.5. The Kier molecular flexibility index (Phi) is 3.89. The van der Waals surface area contributed by atoms with Crippen LogP contribution in [0.4, 0.5) is 5.95 Å². The summed E-state index contributed by atoms with van der Waals surface area (Å²) in [5, 5.41) is 3.34. The standard InChI is InChI=1S/C16H13ClN4O/c1-18-16-19-10-13(17)15(20-16)11-5-4-6-12(9-11)21-8-3-2-7-14(21)22/h2-10H,1H3,(H,18,19,20). The number of hydrogen-bond donors (Lipinski definition) is 1. The van der Waals surface area contributed by atoms with Crippen LogP contribution in [0.5, 0.6) is 0 Å². The van der Waals surface area contributed by atoms with Crippen LogP contribution < -0.4 is 10.9 Å². The largest absolute Gasteiger partial charge is 0.357 e. The van der Waals surface area contributed by atoms with Gasteiger partial charge in [-0.2, -0.15) is 0 Å². The van der Waals surface area contributed by atoms with E-state index in [2.05, 4.69) is 15.3 Å². The Morgan fingerprint density at radius 2 is 2.05 bits per heavy atom. The lowest BCUT2D eigenvalue weighted by Gasteiger charge is -2.09. The molecule has 110 valence electrons. The van der Waals surface area contributed by atoms with E-state index in [1.54, 1.807) is 30.1 Å². The fraction of sp³-hybridized carbons (Fsp3) is 0.0625. The quantitative estimate of drug-likeness (QED) is 0.807. The molecule has 0 saturated carbocycles. The van der Waals surface area contributed by atoms with Crippen LogP contribution in [0.2, 0.25) is 5.02 Å². The first-order chi connectivity index (χ1) is 10.7. The summed E-state index contributed by atoms with van der Waals surface area (Å²) in [7, 11) is 1.74. The highest BCUT2D eigenvalue weighted by Gasteiger charge is 2.09. The number of pyridine rings is 1. The average molecular weight is 313 g/mol. The molecule has 1 N–H and O–H groups in total. The fourth-order valence-corrected chi connectivity index (χ4v) is 2.33. The summed E-state index contributed by atoms with van der Waals surface area (Å²) in [6.45, 7) is 0. The van der Waals surface area contributed by atoms with Crippen molar-refractivity contribution >= 4 is 17.5 Å². The SMILES string of the molecule is CNc1ncc(Cl)c(-c2cccc(-n3ccccc3=O)c2)n1. The number of aromatic nitrogens is 3. The van der Waals surface area contributed by atoms with Gasteiger partial charge in [0.2, 0.25) is 5.95 Å². The van der Waals surface area contributed by atoms with Crippen LogP contribution in [0.15, 0.2) is 59.7 Å². The predicted octanol–water partition coefficient (Wildman–Crippen LogP) is 2.99. The number of benzene rings is 1. The van der Waals surface area contributed by atoms with Crippen molar-refractivity contribution in [3.05, 3.63) is 70.2 Å². The molecule has 0 unspecified atom stereocenters. The van der Waals surface area contributed by atoms with Crippen molar-refractivity contribution in [2.24, 2.45) is 0 Å². The summed E-state index contributed by atoms with van der Waals surface area (Å²) in [6.07, 6.45) is 3.28. The summed E-state index contributed by atoms with van der Waals surface area (Å²) < 4.78 is 1.57. The van der Waals surface area contributed by atoms with Crippen LogP contribution >= 0.6 is 11.6 Å². The molecule has 0 aliphatic heterocycles. The Labute approximate surface area is 132 Å². The number of anilines is 1. The van der Waals surface area contributed by atoms with Crippen LogP contribution in [0.3, 0.4) is 0 Å². The van der Waals surface area contributed by atoms with Gasteiger partial charge in [0, 0.05) is 30.6 Å². The summed E-state index contributed by atoms with van der Waals surface area (Å²) in [5.74, 6) is 0.488. The molecule has 0 aliphatic rings. The second kappa shape index (κ2) is 5.99. The molecule has 1 aromatic carbocycles. The van der Waals surface area contributed by atoms with Gasteiger partial charge in [-0.15, -0.1) is 0 Å². The second-order valence-corrected chi connectivity index (χ2v) is 5.01. The van der Waals surface area contributed by atoms with Crippen molar-refractivity contribution < 1.29 is 0 Å². The molecule has 0 atom stereocenters. The number of nitrogens with zero attached hydrogens (tertiary/aromatic N) is 3. The zero-order chi connectivity index (χ0) is 15.5. The van der Waals surface area contributed by atoms with E-state index in [4.69, 9.17) is 11.6 Å². The Hall–Kier alpha value is -2.66. The third kappa shape index (κ3) is 2.71. The third-order valence-electron chi connectivity index (χ3n) is 3.19. The van der Waals surface area contributed by atoms with Crippen molar-refractivity contribution in [1.29, 1.82) is 0 Å². The molecular formula is C16H13ClN4O. The van der Waals surface area contributed by atoms with Gasteiger partial charge in [-0.1, -0.05) is 29.8 Å². The smallest absolute Gasteiger partial charge is 0.255 e. The van der Waals surface area contributed by atoms with Gasteiger partial charge in [0.25, 0.3) is 5.56 Å². The van der Waals surface area contributed by atoms with Crippen LogP contribution in [0.25, 0.3) is 16.9 Å². The molecule has 2 heterocycles. The number of hydrogen-bond acceptors (Lipinski definition) is 4. The maximum absolute atomic E-state index is 11.9. The average Bonchev–Trinajstić information content (AvgIpc) is 2.56. The maximum Gasteiger partial charge on any atom is 0.255 e. The molecule has 0 aliphatic carbocycles. The highest BCUT2D eigenvalue weighted by Crippen LogP contribution is 2.27. The van der Waals surface area contributed by atoms with Gasteiger partial charge < -0.3 is 5.32 Å². The van der Waals surface area contributed by atoms with Gasteiger partial charge >= 0.3 is 0 Å². The van der Waals surface area contributed by atoms with E-state index < -0.39 is 0 Å². The summed E-state index contributed by atoms with van der Waals surface area (Å²) in [6, 6.07) is 12.5. The van der Waals surface area contributed by atoms with E-state index >= 15 is 0 Å².